The third-order valence-corrected chi connectivity index (χ3v) is 6.07. The van der Waals surface area contributed by atoms with E-state index >= 15 is 0 Å². The van der Waals surface area contributed by atoms with Gasteiger partial charge in [-0.25, -0.2) is 22.4 Å². The van der Waals surface area contributed by atoms with Crippen molar-refractivity contribution in [3.8, 4) is 0 Å². The van der Waals surface area contributed by atoms with Crippen LogP contribution in [0, 0.1) is 6.92 Å². The predicted molar refractivity (Wildman–Crippen MR) is 123 cm³/mol. The minimum Gasteiger partial charge on any atom is -0.274 e. The number of halogens is 7. The molecule has 1 aliphatic heterocycles. The van der Waals surface area contributed by atoms with E-state index in [2.05, 4.69) is 0 Å². The van der Waals surface area contributed by atoms with Gasteiger partial charge in [0, 0.05) is 52.1 Å². The molecule has 0 spiro atoms. The summed E-state index contributed by atoms with van der Waals surface area (Å²) < 4.78 is 58.9. The van der Waals surface area contributed by atoms with Gasteiger partial charge in [-0.15, -0.1) is 0 Å². The van der Waals surface area contributed by atoms with Crippen LogP contribution in [-0.4, -0.2) is 40.7 Å². The number of carbonyl (C=O) groups is 3. The van der Waals surface area contributed by atoms with Gasteiger partial charge in [0.2, 0.25) is 11.8 Å². The molecule has 1 heterocycles. The molecule has 0 aromatic heterocycles. The summed E-state index contributed by atoms with van der Waals surface area (Å²) in [6, 6.07) is 5.84. The summed E-state index contributed by atoms with van der Waals surface area (Å²) in [5.41, 5.74) is -0.417. The van der Waals surface area contributed by atoms with Crippen LogP contribution in [0.5, 0.6) is 0 Å². The predicted octanol–water partition coefficient (Wildman–Crippen LogP) is 6.80. The van der Waals surface area contributed by atoms with Crippen LogP contribution in [0.1, 0.15) is 36.0 Å². The van der Waals surface area contributed by atoms with Gasteiger partial charge >= 0.3 is 6.03 Å². The monoisotopic (exact) mass is 552 g/mol. The van der Waals surface area contributed by atoms with Crippen molar-refractivity contribution in [2.75, 3.05) is 13.1 Å². The number of imide groups is 2. The molecule has 2 aromatic carbocycles. The number of hydrogen-bond donors (Lipinski definition) is 0. The molecule has 188 valence electrons. The Hall–Kier alpha value is -2.36. The molecular weight excluding hydrogens is 535 g/mol. The Bertz CT molecular complexity index is 1050. The molecule has 12 heteroatoms. The van der Waals surface area contributed by atoms with Gasteiger partial charge in [0.25, 0.3) is 11.8 Å². The van der Waals surface area contributed by atoms with E-state index in [-0.39, 0.29) is 15.1 Å². The van der Waals surface area contributed by atoms with E-state index in [1.807, 2.05) is 0 Å². The largest absolute Gasteiger partial charge is 0.333 e. The Balaban J connectivity index is 1.71. The minimum absolute atomic E-state index is 0.0232. The van der Waals surface area contributed by atoms with Gasteiger partial charge in [-0.3, -0.25) is 19.4 Å². The lowest BCUT2D eigenvalue weighted by Gasteiger charge is -2.34. The van der Waals surface area contributed by atoms with Gasteiger partial charge in [0.15, 0.2) is 0 Å². The van der Waals surface area contributed by atoms with Crippen molar-refractivity contribution in [1.82, 2.24) is 9.80 Å². The summed E-state index contributed by atoms with van der Waals surface area (Å²) in [5.74, 6) is -8.93. The van der Waals surface area contributed by atoms with Crippen molar-refractivity contribution in [1.29, 1.82) is 0 Å². The fourth-order valence-corrected chi connectivity index (χ4v) is 4.44. The SMILES string of the molecule is Cc1cc(Cl)cc(C(F)(F)CCN2C(=O)CC(=O)N(CCC(F)(F)c3cc(Cl)cc(Cl)c3)C2=O)c1. The molecule has 2 aromatic rings. The average Bonchev–Trinajstić information content (AvgIpc) is 2.71. The van der Waals surface area contributed by atoms with Crippen molar-refractivity contribution in [3.05, 3.63) is 68.2 Å². The first-order valence-corrected chi connectivity index (χ1v) is 11.5. The zero-order valence-electron chi connectivity index (χ0n) is 18.3. The molecule has 1 saturated heterocycles. The highest BCUT2D eigenvalue weighted by molar-refractivity contribution is 6.34. The summed E-state index contributed by atoms with van der Waals surface area (Å²) in [7, 11) is 0. The number of alkyl halides is 4. The summed E-state index contributed by atoms with van der Waals surface area (Å²) in [5, 5.41) is 0.0540. The molecule has 0 saturated carbocycles. The van der Waals surface area contributed by atoms with E-state index in [0.717, 1.165) is 18.2 Å². The maximum absolute atomic E-state index is 14.7. The Morgan fingerprint density at radius 1 is 0.714 bits per heavy atom. The van der Waals surface area contributed by atoms with Crippen molar-refractivity contribution in [3.63, 3.8) is 0 Å². The molecule has 1 fully saturated rings. The maximum Gasteiger partial charge on any atom is 0.333 e. The summed E-state index contributed by atoms with van der Waals surface area (Å²) in [4.78, 5) is 38.1. The fraction of sp³-hybridized carbons (Fsp3) is 0.348. The Morgan fingerprint density at radius 2 is 1.11 bits per heavy atom. The second kappa shape index (κ2) is 10.3. The third-order valence-electron chi connectivity index (χ3n) is 5.41. The van der Waals surface area contributed by atoms with Crippen molar-refractivity contribution >= 4 is 52.6 Å². The van der Waals surface area contributed by atoms with Crippen molar-refractivity contribution in [2.45, 2.75) is 38.0 Å². The number of aryl methyl sites for hydroxylation is 1. The number of rotatable bonds is 8. The fourth-order valence-electron chi connectivity index (χ4n) is 3.63. The molecule has 0 unspecified atom stereocenters. The smallest absolute Gasteiger partial charge is 0.274 e. The van der Waals surface area contributed by atoms with Crippen LogP contribution in [-0.2, 0) is 21.4 Å². The van der Waals surface area contributed by atoms with Crippen molar-refractivity contribution < 1.29 is 31.9 Å². The second-order valence-electron chi connectivity index (χ2n) is 8.13. The Morgan fingerprint density at radius 3 is 1.54 bits per heavy atom. The standard InChI is InChI=1S/C23H19Cl3F4N2O3/c1-13-6-14(8-16(24)7-13)22(27,28)2-4-31-19(33)12-20(34)32(21(31)35)5-3-23(29,30)15-9-17(25)11-18(26)10-15/h6-11H,2-5,12H2,1H3. The first kappa shape index (κ1) is 27.2. The first-order valence-electron chi connectivity index (χ1n) is 10.3. The highest BCUT2D eigenvalue weighted by atomic mass is 35.5. The lowest BCUT2D eigenvalue weighted by atomic mass is 10.0. The minimum atomic E-state index is -3.52. The third kappa shape index (κ3) is 6.45. The lowest BCUT2D eigenvalue weighted by molar-refractivity contribution is -0.143. The molecule has 0 aliphatic carbocycles. The van der Waals surface area contributed by atoms with Gasteiger partial charge in [0.05, 0.1) is 0 Å². The van der Waals surface area contributed by atoms with Crippen LogP contribution in [0.2, 0.25) is 15.1 Å². The molecule has 3 rings (SSSR count). The van der Waals surface area contributed by atoms with E-state index < -0.39 is 73.2 Å². The molecule has 4 amide bonds. The number of amides is 4. The molecule has 5 nitrogen and oxygen atoms in total. The van der Waals surface area contributed by atoms with Crippen LogP contribution in [0.3, 0.4) is 0 Å². The van der Waals surface area contributed by atoms with Gasteiger partial charge < -0.3 is 0 Å². The number of nitrogens with zero attached hydrogens (tertiary/aromatic N) is 2. The molecule has 0 N–H and O–H groups in total. The summed E-state index contributed by atoms with van der Waals surface area (Å²) >= 11 is 17.4. The maximum atomic E-state index is 14.7. The van der Waals surface area contributed by atoms with E-state index in [0.29, 0.717) is 15.4 Å². The Kier molecular flexibility index (Phi) is 8.03. The number of benzene rings is 2. The molecule has 1 aliphatic rings. The molecule has 0 bridgehead atoms. The zero-order valence-corrected chi connectivity index (χ0v) is 20.5. The van der Waals surface area contributed by atoms with Gasteiger partial charge in [-0.2, -0.15) is 0 Å². The normalized spacial score (nSPS) is 15.3. The van der Waals surface area contributed by atoms with E-state index in [9.17, 15) is 31.9 Å². The molecular formula is C23H19Cl3F4N2O3. The number of barbiturate groups is 1. The van der Waals surface area contributed by atoms with Crippen LogP contribution in [0.4, 0.5) is 22.4 Å². The summed E-state index contributed by atoms with van der Waals surface area (Å²) in [6.07, 6.45) is -2.73. The van der Waals surface area contributed by atoms with E-state index in [4.69, 9.17) is 34.8 Å². The number of urea groups is 1. The van der Waals surface area contributed by atoms with Crippen LogP contribution in [0.25, 0.3) is 0 Å². The second-order valence-corrected chi connectivity index (χ2v) is 9.44. The first-order chi connectivity index (χ1) is 16.2. The molecule has 35 heavy (non-hydrogen) atoms. The van der Waals surface area contributed by atoms with Gasteiger partial charge in [-0.05, 0) is 42.8 Å². The zero-order chi connectivity index (χ0) is 26.1. The quantitative estimate of drug-likeness (QED) is 0.267. The average molecular weight is 554 g/mol. The molecule has 0 radical (unpaired) electrons. The highest BCUT2D eigenvalue weighted by Gasteiger charge is 2.42. The summed E-state index contributed by atoms with van der Waals surface area (Å²) in [6.45, 7) is 0.114. The Labute approximate surface area is 213 Å². The van der Waals surface area contributed by atoms with Crippen molar-refractivity contribution in [2.24, 2.45) is 0 Å². The number of hydrogen-bond acceptors (Lipinski definition) is 3. The molecule has 0 atom stereocenters. The number of carbonyl (C=O) groups excluding carboxylic acids is 3. The van der Waals surface area contributed by atoms with E-state index in [1.54, 1.807) is 6.92 Å². The van der Waals surface area contributed by atoms with Crippen LogP contribution >= 0.6 is 34.8 Å². The topological polar surface area (TPSA) is 57.7 Å². The highest BCUT2D eigenvalue weighted by Crippen LogP contribution is 2.37. The lowest BCUT2D eigenvalue weighted by Crippen LogP contribution is -2.56. The van der Waals surface area contributed by atoms with Crippen LogP contribution < -0.4 is 0 Å². The van der Waals surface area contributed by atoms with Gasteiger partial charge in [0.1, 0.15) is 6.42 Å². The van der Waals surface area contributed by atoms with Gasteiger partial charge in [-0.1, -0.05) is 40.9 Å². The van der Waals surface area contributed by atoms with E-state index in [1.165, 1.54) is 18.2 Å². The van der Waals surface area contributed by atoms with Crippen LogP contribution in [0.15, 0.2) is 36.4 Å².